The first-order valence-corrected chi connectivity index (χ1v) is 11.3. The highest BCUT2D eigenvalue weighted by Gasteiger charge is 2.28. The third-order valence-electron chi connectivity index (χ3n) is 5.04. The fourth-order valence-electron chi connectivity index (χ4n) is 3.38. The predicted molar refractivity (Wildman–Crippen MR) is 108 cm³/mol. The van der Waals surface area contributed by atoms with Gasteiger partial charge in [-0.15, -0.1) is 0 Å². The molecule has 1 saturated carbocycles. The van der Waals surface area contributed by atoms with Crippen LogP contribution in [-0.2, 0) is 18.9 Å². The molecule has 0 aromatic heterocycles. The molecule has 0 aliphatic heterocycles. The van der Waals surface area contributed by atoms with Crippen LogP contribution in [0.15, 0.2) is 0 Å². The van der Waals surface area contributed by atoms with E-state index in [0.29, 0.717) is 19.6 Å². The van der Waals surface area contributed by atoms with Crippen molar-refractivity contribution in [2.45, 2.75) is 116 Å². The van der Waals surface area contributed by atoms with Crippen molar-refractivity contribution in [2.75, 3.05) is 13.2 Å². The molecule has 0 N–H and O–H groups in total. The van der Waals surface area contributed by atoms with Crippen LogP contribution in [0.2, 0.25) is 0 Å². The molecule has 0 radical (unpaired) electrons. The second kappa shape index (κ2) is 16.5. The zero-order valence-corrected chi connectivity index (χ0v) is 17.9. The maximum absolute atomic E-state index is 11.8. The maximum Gasteiger partial charge on any atom is 0.508 e. The number of carbonyl (C=O) groups is 2. The lowest BCUT2D eigenvalue weighted by Gasteiger charge is -2.28. The molecule has 28 heavy (non-hydrogen) atoms. The molecule has 0 aromatic rings. The summed E-state index contributed by atoms with van der Waals surface area (Å²) in [4.78, 5) is 23.6. The highest BCUT2D eigenvalue weighted by atomic mass is 16.7. The van der Waals surface area contributed by atoms with Crippen molar-refractivity contribution in [1.82, 2.24) is 0 Å². The second-order valence-electron chi connectivity index (χ2n) is 7.67. The Morgan fingerprint density at radius 1 is 0.679 bits per heavy atom. The molecule has 0 heterocycles. The minimum Gasteiger partial charge on any atom is -0.434 e. The van der Waals surface area contributed by atoms with Gasteiger partial charge in [-0.3, -0.25) is 0 Å². The van der Waals surface area contributed by atoms with E-state index in [-0.39, 0.29) is 12.2 Å². The number of hydrogen-bond acceptors (Lipinski definition) is 6. The number of carbonyl (C=O) groups excluding carboxylic acids is 2. The van der Waals surface area contributed by atoms with E-state index in [1.807, 2.05) is 0 Å². The van der Waals surface area contributed by atoms with E-state index in [4.69, 9.17) is 18.9 Å². The van der Waals surface area contributed by atoms with Gasteiger partial charge in [-0.1, -0.05) is 65.2 Å². The SMILES string of the molecule is CCCCCCCOC(=O)OC1CCCC(OC(=O)OCCCCCCC)C1. The molecular formula is C22H40O6. The van der Waals surface area contributed by atoms with Crippen LogP contribution in [0.4, 0.5) is 9.59 Å². The molecule has 6 heteroatoms. The normalized spacial score (nSPS) is 19.1. The zero-order valence-electron chi connectivity index (χ0n) is 17.9. The molecular weight excluding hydrogens is 360 g/mol. The molecule has 164 valence electrons. The van der Waals surface area contributed by atoms with E-state index in [1.165, 1.54) is 38.5 Å². The lowest BCUT2D eigenvalue weighted by Crippen LogP contribution is -2.32. The smallest absolute Gasteiger partial charge is 0.434 e. The zero-order chi connectivity index (χ0) is 20.5. The Labute approximate surface area is 170 Å². The van der Waals surface area contributed by atoms with Crippen LogP contribution < -0.4 is 0 Å². The van der Waals surface area contributed by atoms with Gasteiger partial charge in [-0.2, -0.15) is 0 Å². The highest BCUT2D eigenvalue weighted by molar-refractivity contribution is 5.60. The molecule has 1 aliphatic rings. The Morgan fingerprint density at radius 2 is 1.11 bits per heavy atom. The van der Waals surface area contributed by atoms with Crippen molar-refractivity contribution >= 4 is 12.3 Å². The van der Waals surface area contributed by atoms with Crippen LogP contribution in [0.5, 0.6) is 0 Å². The summed E-state index contributed by atoms with van der Waals surface area (Å²) >= 11 is 0. The van der Waals surface area contributed by atoms with E-state index in [0.717, 1.165) is 44.9 Å². The molecule has 0 saturated heterocycles. The van der Waals surface area contributed by atoms with Crippen molar-refractivity contribution in [1.29, 1.82) is 0 Å². The Balaban J connectivity index is 2.11. The van der Waals surface area contributed by atoms with Crippen molar-refractivity contribution in [3.05, 3.63) is 0 Å². The van der Waals surface area contributed by atoms with Gasteiger partial charge in [0, 0.05) is 6.42 Å². The Bertz CT molecular complexity index is 376. The summed E-state index contributed by atoms with van der Waals surface area (Å²) in [6, 6.07) is 0. The molecule has 1 fully saturated rings. The minimum absolute atomic E-state index is 0.256. The summed E-state index contributed by atoms with van der Waals surface area (Å²) in [5.41, 5.74) is 0. The minimum atomic E-state index is -0.615. The van der Waals surface area contributed by atoms with Crippen molar-refractivity contribution < 1.29 is 28.5 Å². The van der Waals surface area contributed by atoms with E-state index < -0.39 is 12.3 Å². The van der Waals surface area contributed by atoms with E-state index in [9.17, 15) is 9.59 Å². The Morgan fingerprint density at radius 3 is 1.54 bits per heavy atom. The van der Waals surface area contributed by atoms with Gasteiger partial charge in [-0.25, -0.2) is 9.59 Å². The third-order valence-corrected chi connectivity index (χ3v) is 5.04. The van der Waals surface area contributed by atoms with E-state index in [2.05, 4.69) is 13.8 Å². The van der Waals surface area contributed by atoms with Crippen molar-refractivity contribution in [3.63, 3.8) is 0 Å². The van der Waals surface area contributed by atoms with Crippen LogP contribution in [0.1, 0.15) is 104 Å². The predicted octanol–water partition coefficient (Wildman–Crippen LogP) is 6.54. The molecule has 0 amide bonds. The van der Waals surface area contributed by atoms with Gasteiger partial charge >= 0.3 is 12.3 Å². The average molecular weight is 401 g/mol. The average Bonchev–Trinajstić information content (AvgIpc) is 2.67. The van der Waals surface area contributed by atoms with Crippen LogP contribution >= 0.6 is 0 Å². The standard InChI is InChI=1S/C22H40O6/c1-3-5-7-9-11-16-25-21(23)27-19-14-13-15-20(18-19)28-22(24)26-17-12-10-8-6-4-2/h19-20H,3-18H2,1-2H3. The van der Waals surface area contributed by atoms with Crippen LogP contribution in [-0.4, -0.2) is 37.7 Å². The second-order valence-corrected chi connectivity index (χ2v) is 7.67. The van der Waals surface area contributed by atoms with Crippen molar-refractivity contribution in [3.8, 4) is 0 Å². The fraction of sp³-hybridized carbons (Fsp3) is 0.909. The summed E-state index contributed by atoms with van der Waals surface area (Å²) in [5.74, 6) is 0. The van der Waals surface area contributed by atoms with Crippen LogP contribution in [0.25, 0.3) is 0 Å². The Kier molecular flexibility index (Phi) is 14.5. The van der Waals surface area contributed by atoms with Gasteiger partial charge in [0.1, 0.15) is 12.2 Å². The van der Waals surface area contributed by atoms with Gasteiger partial charge in [0.15, 0.2) is 0 Å². The van der Waals surface area contributed by atoms with E-state index in [1.54, 1.807) is 0 Å². The molecule has 1 aliphatic carbocycles. The fourth-order valence-corrected chi connectivity index (χ4v) is 3.38. The Hall–Kier alpha value is -1.46. The van der Waals surface area contributed by atoms with Crippen LogP contribution in [0.3, 0.4) is 0 Å². The summed E-state index contributed by atoms with van der Waals surface area (Å²) in [7, 11) is 0. The number of unbranched alkanes of at least 4 members (excludes halogenated alkanes) is 8. The van der Waals surface area contributed by atoms with E-state index >= 15 is 0 Å². The van der Waals surface area contributed by atoms with Crippen molar-refractivity contribution in [2.24, 2.45) is 0 Å². The molecule has 2 unspecified atom stereocenters. The molecule has 0 bridgehead atoms. The topological polar surface area (TPSA) is 71.1 Å². The number of rotatable bonds is 14. The quantitative estimate of drug-likeness (QED) is 0.243. The molecule has 6 nitrogen and oxygen atoms in total. The first-order valence-electron chi connectivity index (χ1n) is 11.3. The third kappa shape index (κ3) is 12.8. The van der Waals surface area contributed by atoms with Crippen LogP contribution in [0, 0.1) is 0 Å². The summed E-state index contributed by atoms with van der Waals surface area (Å²) in [6.07, 6.45) is 12.2. The summed E-state index contributed by atoms with van der Waals surface area (Å²) < 4.78 is 21.0. The number of hydrogen-bond donors (Lipinski definition) is 0. The molecule has 0 spiro atoms. The lowest BCUT2D eigenvalue weighted by atomic mass is 9.95. The summed E-state index contributed by atoms with van der Waals surface area (Å²) in [5, 5.41) is 0. The highest BCUT2D eigenvalue weighted by Crippen LogP contribution is 2.24. The molecule has 2 atom stereocenters. The summed E-state index contributed by atoms with van der Waals surface area (Å²) in [6.45, 7) is 5.15. The van der Waals surface area contributed by atoms with Gasteiger partial charge in [0.05, 0.1) is 13.2 Å². The first-order chi connectivity index (χ1) is 13.7. The first kappa shape index (κ1) is 24.6. The largest absolute Gasteiger partial charge is 0.508 e. The molecule has 0 aromatic carbocycles. The van der Waals surface area contributed by atoms with Gasteiger partial charge in [-0.05, 0) is 32.1 Å². The number of ether oxygens (including phenoxy) is 4. The maximum atomic E-state index is 11.8. The monoisotopic (exact) mass is 400 g/mol. The lowest BCUT2D eigenvalue weighted by molar-refractivity contribution is -0.0350. The molecule has 1 rings (SSSR count). The van der Waals surface area contributed by atoms with Gasteiger partial charge in [0.2, 0.25) is 0 Å². The van der Waals surface area contributed by atoms with Gasteiger partial charge in [0.25, 0.3) is 0 Å². The van der Waals surface area contributed by atoms with Gasteiger partial charge < -0.3 is 18.9 Å².